The number of hydrogen-bond acceptors (Lipinski definition) is 6. The van der Waals surface area contributed by atoms with E-state index in [-0.39, 0.29) is 39.7 Å². The highest BCUT2D eigenvalue weighted by Crippen LogP contribution is 2.33. The van der Waals surface area contributed by atoms with Crippen LogP contribution in [0.15, 0.2) is 84.2 Å². The molecule has 3 amide bonds. The third-order valence-electron chi connectivity index (χ3n) is 6.40. The molecule has 218 valence electrons. The molecule has 0 saturated carbocycles. The summed E-state index contributed by atoms with van der Waals surface area (Å²) in [6.07, 6.45) is -1.62. The van der Waals surface area contributed by atoms with Gasteiger partial charge in [-0.25, -0.2) is 18.9 Å². The summed E-state index contributed by atoms with van der Waals surface area (Å²) in [5.41, 5.74) is 2.03. The Kier molecular flexibility index (Phi) is 7.09. The third-order valence-corrected chi connectivity index (χ3v) is 7.33. The summed E-state index contributed by atoms with van der Waals surface area (Å²) in [5.74, 6) is -1.16. The number of nitrogens with zero attached hydrogens (tertiary/aromatic N) is 6. The number of halogens is 4. The second kappa shape index (κ2) is 10.9. The molecule has 10 nitrogen and oxygen atoms in total. The average molecular weight is 610 g/mol. The van der Waals surface area contributed by atoms with Gasteiger partial charge in [-0.3, -0.25) is 9.69 Å². The minimum atomic E-state index is -4.81. The van der Waals surface area contributed by atoms with E-state index in [4.69, 9.17) is 0 Å². The van der Waals surface area contributed by atoms with E-state index in [1.54, 1.807) is 6.07 Å². The number of aryl methyl sites for hydroxylation is 1. The van der Waals surface area contributed by atoms with Crippen LogP contribution in [0.25, 0.3) is 28.0 Å². The van der Waals surface area contributed by atoms with Gasteiger partial charge < -0.3 is 14.6 Å². The Labute approximate surface area is 244 Å². The van der Waals surface area contributed by atoms with Crippen LogP contribution in [0.4, 0.5) is 33.7 Å². The number of nitrogens with one attached hydrogen (secondary N) is 1. The first-order valence-corrected chi connectivity index (χ1v) is 13.5. The van der Waals surface area contributed by atoms with Crippen molar-refractivity contribution in [1.82, 2.24) is 19.3 Å². The Morgan fingerprint density at radius 1 is 1.09 bits per heavy atom. The van der Waals surface area contributed by atoms with Crippen molar-refractivity contribution in [3.05, 3.63) is 85.1 Å². The maximum atomic E-state index is 15.0. The van der Waals surface area contributed by atoms with E-state index < -0.39 is 18.2 Å². The van der Waals surface area contributed by atoms with E-state index in [9.17, 15) is 27.2 Å². The zero-order chi connectivity index (χ0) is 30.3. The highest BCUT2D eigenvalue weighted by molar-refractivity contribution is 8.15. The van der Waals surface area contributed by atoms with Crippen molar-refractivity contribution in [3.8, 4) is 22.8 Å². The molecule has 1 aliphatic heterocycles. The normalized spacial score (nSPS) is 14.6. The van der Waals surface area contributed by atoms with Gasteiger partial charge in [-0.1, -0.05) is 17.8 Å². The van der Waals surface area contributed by atoms with Crippen molar-refractivity contribution in [2.24, 2.45) is 12.0 Å². The molecule has 5 aromatic rings. The number of fused-ring (bicyclic) bond motifs is 1. The maximum Gasteiger partial charge on any atom is 0.573 e. The summed E-state index contributed by atoms with van der Waals surface area (Å²) in [5, 5.41) is 7.64. The van der Waals surface area contributed by atoms with Gasteiger partial charge in [0, 0.05) is 29.7 Å². The van der Waals surface area contributed by atoms with Crippen LogP contribution in [0, 0.1) is 5.82 Å². The largest absolute Gasteiger partial charge is 0.573 e. The van der Waals surface area contributed by atoms with Gasteiger partial charge in [-0.2, -0.15) is 4.99 Å². The summed E-state index contributed by atoms with van der Waals surface area (Å²) in [6.45, 7) is 0. The Hall–Kier alpha value is -5.18. The van der Waals surface area contributed by atoms with Gasteiger partial charge in [-0.15, -0.1) is 18.3 Å². The summed E-state index contributed by atoms with van der Waals surface area (Å²) in [6, 6.07) is 15.4. The second-order valence-electron chi connectivity index (χ2n) is 9.23. The number of aliphatic imine (C=N–C) groups is 1. The molecule has 1 aliphatic rings. The number of rotatable bonds is 5. The molecule has 43 heavy (non-hydrogen) atoms. The minimum absolute atomic E-state index is 0.101. The zero-order valence-electron chi connectivity index (χ0n) is 22.0. The van der Waals surface area contributed by atoms with Crippen LogP contribution < -0.4 is 15.0 Å². The summed E-state index contributed by atoms with van der Waals surface area (Å²) < 4.78 is 59.3. The molecule has 1 fully saturated rings. The van der Waals surface area contributed by atoms with E-state index in [1.807, 2.05) is 36.0 Å². The number of aromatic nitrogens is 4. The fraction of sp³-hybridized carbons (Fsp3) is 0.107. The van der Waals surface area contributed by atoms with Gasteiger partial charge >= 0.3 is 12.4 Å². The summed E-state index contributed by atoms with van der Waals surface area (Å²) in [4.78, 5) is 35.0. The summed E-state index contributed by atoms with van der Waals surface area (Å²) in [7, 11) is 1.88. The average Bonchev–Trinajstić information content (AvgIpc) is 3.69. The van der Waals surface area contributed by atoms with Crippen molar-refractivity contribution in [1.29, 1.82) is 0 Å². The number of ether oxygens (including phenoxy) is 1. The first-order valence-electron chi connectivity index (χ1n) is 12.5. The molecule has 0 unspecified atom stereocenters. The molecule has 0 bridgehead atoms. The Balaban J connectivity index is 1.17. The molecule has 6 rings (SSSR count). The number of alkyl halides is 3. The minimum Gasteiger partial charge on any atom is -0.406 e. The van der Waals surface area contributed by atoms with Crippen LogP contribution in [0.2, 0.25) is 0 Å². The van der Waals surface area contributed by atoms with Crippen LogP contribution in [-0.2, 0) is 11.8 Å². The van der Waals surface area contributed by atoms with Crippen molar-refractivity contribution in [2.45, 2.75) is 6.36 Å². The fourth-order valence-electron chi connectivity index (χ4n) is 4.47. The van der Waals surface area contributed by atoms with Crippen LogP contribution in [-0.4, -0.2) is 48.6 Å². The number of anilines is 2. The van der Waals surface area contributed by atoms with Crippen molar-refractivity contribution in [2.75, 3.05) is 16.0 Å². The standard InChI is InChI=1S/C28H19F4N7O3S/c1-37-12-11-19-22(37)3-2-4-23(19)39-24(40)14-43-27(39)35-26(41)34-21-10-5-16(13-20(21)29)25-33-15-38(36-25)17-6-8-18(9-7-17)42-28(30,31)32/h2-13,15H,14H2,1H3,(H,34,41). The maximum absolute atomic E-state index is 15.0. The van der Waals surface area contributed by atoms with Gasteiger partial charge in [0.1, 0.15) is 17.9 Å². The van der Waals surface area contributed by atoms with Gasteiger partial charge in [0.05, 0.1) is 22.8 Å². The van der Waals surface area contributed by atoms with Crippen molar-refractivity contribution >= 4 is 51.1 Å². The lowest BCUT2D eigenvalue weighted by molar-refractivity contribution is -0.274. The lowest BCUT2D eigenvalue weighted by Gasteiger charge is -2.17. The van der Waals surface area contributed by atoms with Gasteiger partial charge in [0.15, 0.2) is 11.0 Å². The topological polar surface area (TPSA) is 107 Å². The van der Waals surface area contributed by atoms with Gasteiger partial charge in [-0.05, 0) is 60.7 Å². The Morgan fingerprint density at radius 2 is 1.88 bits per heavy atom. The van der Waals surface area contributed by atoms with E-state index in [0.29, 0.717) is 11.4 Å². The third kappa shape index (κ3) is 5.79. The number of carbonyl (C=O) groups is 2. The SMILES string of the molecule is Cn1ccc2c(N3C(=O)CSC3=NC(=O)Nc3ccc(-c4ncn(-c5ccc(OC(F)(F)F)cc5)n4)cc3F)cccc21. The predicted molar refractivity (Wildman–Crippen MR) is 153 cm³/mol. The number of benzene rings is 3. The van der Waals surface area contributed by atoms with Crippen LogP contribution in [0.3, 0.4) is 0 Å². The van der Waals surface area contributed by atoms with Crippen molar-refractivity contribution < 1.29 is 31.9 Å². The molecular formula is C28H19F4N7O3S. The number of thioether (sulfide) groups is 1. The number of urea groups is 1. The monoisotopic (exact) mass is 609 g/mol. The van der Waals surface area contributed by atoms with E-state index in [2.05, 4.69) is 25.1 Å². The molecule has 15 heteroatoms. The molecule has 1 N–H and O–H groups in total. The number of hydrogen-bond donors (Lipinski definition) is 1. The number of amides is 3. The smallest absolute Gasteiger partial charge is 0.406 e. The van der Waals surface area contributed by atoms with Crippen LogP contribution >= 0.6 is 11.8 Å². The first kappa shape index (κ1) is 28.0. The Bertz CT molecular complexity index is 1900. The molecule has 0 aliphatic carbocycles. The molecular weight excluding hydrogens is 590 g/mol. The molecule has 2 aromatic heterocycles. The first-order chi connectivity index (χ1) is 20.6. The lowest BCUT2D eigenvalue weighted by Crippen LogP contribution is -2.30. The molecule has 0 radical (unpaired) electrons. The quantitative estimate of drug-likeness (QED) is 0.240. The van der Waals surface area contributed by atoms with Crippen molar-refractivity contribution in [3.63, 3.8) is 0 Å². The molecule has 0 spiro atoms. The van der Waals surface area contributed by atoms with Crippen LogP contribution in [0.1, 0.15) is 0 Å². The van der Waals surface area contributed by atoms with Gasteiger partial charge in [0.25, 0.3) is 0 Å². The fourth-order valence-corrected chi connectivity index (χ4v) is 5.33. The zero-order valence-corrected chi connectivity index (χ0v) is 22.9. The number of amidine groups is 1. The molecule has 1 saturated heterocycles. The molecule has 0 atom stereocenters. The van der Waals surface area contributed by atoms with E-state index in [1.165, 1.54) is 40.2 Å². The molecule has 3 heterocycles. The molecule has 3 aromatic carbocycles. The lowest BCUT2D eigenvalue weighted by atomic mass is 10.2. The van der Waals surface area contributed by atoms with Crippen LogP contribution in [0.5, 0.6) is 5.75 Å². The summed E-state index contributed by atoms with van der Waals surface area (Å²) >= 11 is 1.10. The number of carbonyl (C=O) groups excluding carboxylic acids is 2. The second-order valence-corrected chi connectivity index (χ2v) is 10.2. The highest BCUT2D eigenvalue weighted by Gasteiger charge is 2.32. The van der Waals surface area contributed by atoms with E-state index in [0.717, 1.165) is 40.9 Å². The predicted octanol–water partition coefficient (Wildman–Crippen LogP) is 6.13. The Morgan fingerprint density at radius 3 is 2.63 bits per heavy atom. The van der Waals surface area contributed by atoms with Gasteiger partial charge in [0.2, 0.25) is 5.91 Å². The highest BCUT2D eigenvalue weighted by atomic mass is 32.2. The van der Waals surface area contributed by atoms with E-state index >= 15 is 0 Å².